The number of amides is 2. The first-order valence-electron chi connectivity index (χ1n) is 10.9. The number of piperazine rings is 1. The number of carbonyl (C=O) groups excluding carboxylic acids is 2. The zero-order valence-electron chi connectivity index (χ0n) is 17.6. The van der Waals surface area contributed by atoms with Gasteiger partial charge in [-0.3, -0.25) is 9.59 Å². The molecule has 1 aliphatic carbocycles. The minimum atomic E-state index is -0.597. The van der Waals surface area contributed by atoms with Crippen LogP contribution in [-0.2, 0) is 16.1 Å². The van der Waals surface area contributed by atoms with Crippen molar-refractivity contribution in [1.82, 2.24) is 9.80 Å². The number of carbonyl (C=O) groups is 2. The lowest BCUT2D eigenvalue weighted by Crippen LogP contribution is -2.57. The quantitative estimate of drug-likeness (QED) is 0.695. The topological polar surface area (TPSA) is 49.9 Å². The van der Waals surface area contributed by atoms with Crippen molar-refractivity contribution in [2.75, 3.05) is 13.7 Å². The average Bonchev–Trinajstić information content (AvgIpc) is 3.07. The van der Waals surface area contributed by atoms with Gasteiger partial charge in [-0.2, -0.15) is 0 Å². The summed E-state index contributed by atoms with van der Waals surface area (Å²) in [5.74, 6) is 0.801. The van der Waals surface area contributed by atoms with Crippen molar-refractivity contribution in [2.45, 2.75) is 57.2 Å². The van der Waals surface area contributed by atoms with E-state index < -0.39 is 6.04 Å². The summed E-state index contributed by atoms with van der Waals surface area (Å²) >= 11 is 0. The van der Waals surface area contributed by atoms with Crippen molar-refractivity contribution >= 4 is 11.8 Å². The Bertz CT molecular complexity index is 858. The largest absolute Gasteiger partial charge is 0.497 e. The van der Waals surface area contributed by atoms with E-state index in [2.05, 4.69) is 0 Å². The van der Waals surface area contributed by atoms with Gasteiger partial charge in [-0.15, -0.1) is 0 Å². The van der Waals surface area contributed by atoms with Crippen molar-refractivity contribution in [3.05, 3.63) is 65.7 Å². The predicted molar refractivity (Wildman–Crippen MR) is 116 cm³/mol. The van der Waals surface area contributed by atoms with E-state index in [1.165, 1.54) is 12.8 Å². The lowest BCUT2D eigenvalue weighted by atomic mass is 9.97. The highest BCUT2D eigenvalue weighted by atomic mass is 16.5. The van der Waals surface area contributed by atoms with Crippen LogP contribution in [0.25, 0.3) is 0 Å². The van der Waals surface area contributed by atoms with Crippen LogP contribution in [0.2, 0.25) is 0 Å². The Hall–Kier alpha value is -2.82. The molecular weight excluding hydrogens is 376 g/mol. The first-order chi connectivity index (χ1) is 14.7. The molecule has 5 heteroatoms. The maximum absolute atomic E-state index is 13.7. The standard InChI is InChI=1S/C25H30N2O3/c1-30-22-15-13-20(14-16-22)24-25(29)26(21-11-7-2-3-8-12-21)18-23(28)27(24)17-19-9-5-4-6-10-19/h4-6,9-10,13-16,21,24H,2-3,7-8,11-12,17-18H2,1H3/t24-/m1/s1. The summed E-state index contributed by atoms with van der Waals surface area (Å²) in [6.45, 7) is 0.615. The highest BCUT2D eigenvalue weighted by Gasteiger charge is 2.42. The molecule has 2 aromatic carbocycles. The van der Waals surface area contributed by atoms with Crippen LogP contribution in [0, 0.1) is 0 Å². The van der Waals surface area contributed by atoms with Crippen LogP contribution in [0.15, 0.2) is 54.6 Å². The summed E-state index contributed by atoms with van der Waals surface area (Å²) in [6.07, 6.45) is 6.68. The van der Waals surface area contributed by atoms with Gasteiger partial charge in [0.15, 0.2) is 0 Å². The Morgan fingerprint density at radius 3 is 2.20 bits per heavy atom. The van der Waals surface area contributed by atoms with Crippen molar-refractivity contribution < 1.29 is 14.3 Å². The normalized spacial score (nSPS) is 20.9. The number of hydrogen-bond donors (Lipinski definition) is 0. The second-order valence-corrected chi connectivity index (χ2v) is 8.29. The molecule has 5 nitrogen and oxygen atoms in total. The zero-order chi connectivity index (χ0) is 20.9. The second-order valence-electron chi connectivity index (χ2n) is 8.29. The van der Waals surface area contributed by atoms with E-state index in [1.807, 2.05) is 59.5 Å². The van der Waals surface area contributed by atoms with E-state index in [0.717, 1.165) is 42.6 Å². The van der Waals surface area contributed by atoms with Gasteiger partial charge in [0.2, 0.25) is 5.91 Å². The predicted octanol–water partition coefficient (Wildman–Crippen LogP) is 4.33. The van der Waals surface area contributed by atoms with Crippen molar-refractivity contribution in [2.24, 2.45) is 0 Å². The molecule has 1 aliphatic heterocycles. The minimum Gasteiger partial charge on any atom is -0.497 e. The Balaban J connectivity index is 1.66. The molecule has 2 aromatic rings. The van der Waals surface area contributed by atoms with E-state index in [1.54, 1.807) is 12.0 Å². The van der Waals surface area contributed by atoms with Crippen LogP contribution in [0.5, 0.6) is 5.75 Å². The third kappa shape index (κ3) is 4.35. The summed E-state index contributed by atoms with van der Waals surface area (Å²) in [5.41, 5.74) is 1.86. The molecule has 4 rings (SSSR count). The molecule has 1 saturated heterocycles. The molecule has 0 N–H and O–H groups in total. The van der Waals surface area contributed by atoms with Gasteiger partial charge in [0, 0.05) is 12.6 Å². The third-order valence-electron chi connectivity index (χ3n) is 6.35. The molecule has 158 valence electrons. The first kappa shape index (κ1) is 20.5. The minimum absolute atomic E-state index is 0.0171. The van der Waals surface area contributed by atoms with Crippen LogP contribution >= 0.6 is 0 Å². The molecule has 1 saturated carbocycles. The fraction of sp³-hybridized carbons (Fsp3) is 0.440. The molecule has 0 aromatic heterocycles. The number of nitrogens with zero attached hydrogens (tertiary/aromatic N) is 2. The molecule has 2 aliphatic rings. The lowest BCUT2D eigenvalue weighted by molar-refractivity contribution is -0.159. The van der Waals surface area contributed by atoms with Gasteiger partial charge in [-0.1, -0.05) is 68.1 Å². The van der Waals surface area contributed by atoms with Crippen molar-refractivity contribution in [3.63, 3.8) is 0 Å². The summed E-state index contributed by atoms with van der Waals surface area (Å²) in [7, 11) is 1.62. The fourth-order valence-electron chi connectivity index (χ4n) is 4.70. The Labute approximate surface area is 178 Å². The molecule has 1 atom stereocenters. The number of methoxy groups -OCH3 is 1. The second kappa shape index (κ2) is 9.33. The Morgan fingerprint density at radius 2 is 1.57 bits per heavy atom. The maximum atomic E-state index is 13.7. The Morgan fingerprint density at radius 1 is 0.900 bits per heavy atom. The lowest BCUT2D eigenvalue weighted by Gasteiger charge is -2.43. The van der Waals surface area contributed by atoms with Gasteiger partial charge in [-0.05, 0) is 36.1 Å². The molecule has 0 spiro atoms. The molecule has 0 unspecified atom stereocenters. The molecule has 2 fully saturated rings. The summed E-state index contributed by atoms with van der Waals surface area (Å²) in [5, 5.41) is 0. The fourth-order valence-corrected chi connectivity index (χ4v) is 4.70. The van der Waals surface area contributed by atoms with Gasteiger partial charge in [0.1, 0.15) is 18.3 Å². The van der Waals surface area contributed by atoms with Gasteiger partial charge in [0.05, 0.1) is 7.11 Å². The summed E-state index contributed by atoms with van der Waals surface area (Å²) in [6, 6.07) is 17.0. The van der Waals surface area contributed by atoms with Crippen LogP contribution < -0.4 is 4.74 Å². The van der Waals surface area contributed by atoms with Gasteiger partial charge < -0.3 is 14.5 Å². The SMILES string of the molecule is COc1ccc([C@@H]2C(=O)N(C3CCCCCC3)CC(=O)N2Cc2ccccc2)cc1. The van der Waals surface area contributed by atoms with Crippen LogP contribution in [0.3, 0.4) is 0 Å². The highest BCUT2D eigenvalue weighted by molar-refractivity contribution is 5.95. The first-order valence-corrected chi connectivity index (χ1v) is 10.9. The van der Waals surface area contributed by atoms with Crippen molar-refractivity contribution in [1.29, 1.82) is 0 Å². The average molecular weight is 407 g/mol. The number of rotatable bonds is 5. The monoisotopic (exact) mass is 406 g/mol. The summed E-state index contributed by atoms with van der Waals surface area (Å²) in [4.78, 5) is 30.6. The number of hydrogen-bond acceptors (Lipinski definition) is 3. The maximum Gasteiger partial charge on any atom is 0.250 e. The Kier molecular flexibility index (Phi) is 6.36. The smallest absolute Gasteiger partial charge is 0.250 e. The zero-order valence-corrected chi connectivity index (χ0v) is 17.6. The van der Waals surface area contributed by atoms with E-state index in [0.29, 0.717) is 6.54 Å². The van der Waals surface area contributed by atoms with E-state index in [-0.39, 0.29) is 24.4 Å². The highest BCUT2D eigenvalue weighted by Crippen LogP contribution is 2.33. The molecule has 2 amide bonds. The number of benzene rings is 2. The molecule has 30 heavy (non-hydrogen) atoms. The molecule has 0 radical (unpaired) electrons. The van der Waals surface area contributed by atoms with Crippen molar-refractivity contribution in [3.8, 4) is 5.75 Å². The van der Waals surface area contributed by atoms with Crippen LogP contribution in [-0.4, -0.2) is 41.3 Å². The van der Waals surface area contributed by atoms with Crippen LogP contribution in [0.1, 0.15) is 55.7 Å². The van der Waals surface area contributed by atoms with E-state index in [4.69, 9.17) is 4.74 Å². The van der Waals surface area contributed by atoms with E-state index in [9.17, 15) is 9.59 Å². The third-order valence-corrected chi connectivity index (χ3v) is 6.35. The number of ether oxygens (including phenoxy) is 1. The van der Waals surface area contributed by atoms with E-state index >= 15 is 0 Å². The molecule has 1 heterocycles. The van der Waals surface area contributed by atoms with Crippen LogP contribution in [0.4, 0.5) is 0 Å². The molecular formula is C25H30N2O3. The van der Waals surface area contributed by atoms with Gasteiger partial charge in [0.25, 0.3) is 5.91 Å². The molecule has 0 bridgehead atoms. The van der Waals surface area contributed by atoms with Gasteiger partial charge in [-0.25, -0.2) is 0 Å². The van der Waals surface area contributed by atoms with Gasteiger partial charge >= 0.3 is 0 Å². The summed E-state index contributed by atoms with van der Waals surface area (Å²) < 4.78 is 5.28.